The molecule has 1 aromatic heterocycles. The lowest BCUT2D eigenvalue weighted by atomic mass is 10.1. The van der Waals surface area contributed by atoms with Gasteiger partial charge in [0.2, 0.25) is 0 Å². The molecule has 0 fully saturated rings. The maximum absolute atomic E-state index is 11.8. The van der Waals surface area contributed by atoms with Crippen LogP contribution in [0, 0.1) is 6.92 Å². The molecule has 2 nitrogen and oxygen atoms in total. The van der Waals surface area contributed by atoms with Crippen molar-refractivity contribution >= 4 is 23.2 Å². The van der Waals surface area contributed by atoms with Crippen LogP contribution in [0.3, 0.4) is 0 Å². The van der Waals surface area contributed by atoms with Crippen molar-refractivity contribution in [3.05, 3.63) is 57.8 Å². The SMILES string of the molecule is Cc1ccsc1/C=C/C(=O)c1ccc(O)cc1. The summed E-state index contributed by atoms with van der Waals surface area (Å²) in [7, 11) is 0. The van der Waals surface area contributed by atoms with Crippen molar-refractivity contribution < 1.29 is 9.90 Å². The average Bonchev–Trinajstić information content (AvgIpc) is 2.73. The summed E-state index contributed by atoms with van der Waals surface area (Å²) in [4.78, 5) is 12.9. The quantitative estimate of drug-likeness (QED) is 0.661. The van der Waals surface area contributed by atoms with Gasteiger partial charge in [0.1, 0.15) is 5.75 Å². The molecule has 0 bridgehead atoms. The molecule has 0 amide bonds. The number of aromatic hydroxyl groups is 1. The molecular weight excluding hydrogens is 232 g/mol. The molecule has 86 valence electrons. The largest absolute Gasteiger partial charge is 0.508 e. The first-order valence-electron chi connectivity index (χ1n) is 5.22. The van der Waals surface area contributed by atoms with Gasteiger partial charge in [0, 0.05) is 10.4 Å². The summed E-state index contributed by atoms with van der Waals surface area (Å²) in [6, 6.07) is 8.27. The van der Waals surface area contributed by atoms with Gasteiger partial charge in [-0.1, -0.05) is 0 Å². The number of benzene rings is 1. The molecule has 0 unspecified atom stereocenters. The van der Waals surface area contributed by atoms with Crippen molar-refractivity contribution in [3.8, 4) is 5.75 Å². The van der Waals surface area contributed by atoms with E-state index in [-0.39, 0.29) is 11.5 Å². The molecule has 0 aliphatic carbocycles. The molecule has 3 heteroatoms. The molecule has 1 heterocycles. The zero-order valence-corrected chi connectivity index (χ0v) is 10.2. The number of carbonyl (C=O) groups is 1. The smallest absolute Gasteiger partial charge is 0.185 e. The molecule has 0 aliphatic heterocycles. The Hall–Kier alpha value is -1.87. The van der Waals surface area contributed by atoms with Crippen LogP contribution < -0.4 is 0 Å². The van der Waals surface area contributed by atoms with Gasteiger partial charge in [-0.3, -0.25) is 4.79 Å². The van der Waals surface area contributed by atoms with Crippen LogP contribution in [0.1, 0.15) is 20.8 Å². The Balaban J connectivity index is 2.14. The maximum atomic E-state index is 11.8. The number of carbonyl (C=O) groups excluding carboxylic acids is 1. The second-order valence-electron chi connectivity index (χ2n) is 3.71. The van der Waals surface area contributed by atoms with Gasteiger partial charge in [-0.25, -0.2) is 0 Å². The third kappa shape index (κ3) is 2.82. The summed E-state index contributed by atoms with van der Waals surface area (Å²) in [5, 5.41) is 11.1. The minimum atomic E-state index is -0.0576. The second kappa shape index (κ2) is 4.97. The fraction of sp³-hybridized carbons (Fsp3) is 0.0714. The van der Waals surface area contributed by atoms with Gasteiger partial charge in [0.05, 0.1) is 0 Å². The fourth-order valence-electron chi connectivity index (χ4n) is 1.43. The monoisotopic (exact) mass is 244 g/mol. The predicted molar refractivity (Wildman–Crippen MR) is 70.5 cm³/mol. The molecule has 1 N–H and O–H groups in total. The topological polar surface area (TPSA) is 37.3 Å². The summed E-state index contributed by atoms with van der Waals surface area (Å²) in [6.45, 7) is 2.02. The van der Waals surface area contributed by atoms with E-state index in [0.29, 0.717) is 5.56 Å². The molecule has 0 spiro atoms. The summed E-state index contributed by atoms with van der Waals surface area (Å²) in [6.07, 6.45) is 3.39. The van der Waals surface area contributed by atoms with Crippen molar-refractivity contribution in [2.45, 2.75) is 6.92 Å². The molecule has 0 atom stereocenters. The molecule has 0 saturated heterocycles. The van der Waals surface area contributed by atoms with Crippen LogP contribution >= 0.6 is 11.3 Å². The van der Waals surface area contributed by atoms with Gasteiger partial charge in [0.15, 0.2) is 5.78 Å². The fourth-order valence-corrected chi connectivity index (χ4v) is 2.25. The van der Waals surface area contributed by atoms with E-state index < -0.39 is 0 Å². The van der Waals surface area contributed by atoms with E-state index in [2.05, 4.69) is 0 Å². The summed E-state index contributed by atoms with van der Waals surface area (Å²) in [5.74, 6) is 0.109. The Morgan fingerprint density at radius 1 is 1.24 bits per heavy atom. The molecule has 2 rings (SSSR count). The van der Waals surface area contributed by atoms with Crippen molar-refractivity contribution in [1.29, 1.82) is 0 Å². The first-order chi connectivity index (χ1) is 8.16. The van der Waals surface area contributed by atoms with E-state index in [9.17, 15) is 4.79 Å². The van der Waals surface area contributed by atoms with Gasteiger partial charge < -0.3 is 5.11 Å². The van der Waals surface area contributed by atoms with E-state index in [1.807, 2.05) is 24.4 Å². The van der Waals surface area contributed by atoms with Gasteiger partial charge in [-0.15, -0.1) is 11.3 Å². The van der Waals surface area contributed by atoms with Gasteiger partial charge >= 0.3 is 0 Å². The number of rotatable bonds is 3. The Morgan fingerprint density at radius 3 is 2.53 bits per heavy atom. The van der Waals surface area contributed by atoms with Crippen molar-refractivity contribution in [1.82, 2.24) is 0 Å². The Bertz CT molecular complexity index is 550. The van der Waals surface area contributed by atoms with E-state index in [1.165, 1.54) is 17.7 Å². The minimum absolute atomic E-state index is 0.0576. The van der Waals surface area contributed by atoms with Crippen LogP contribution in [0.5, 0.6) is 5.75 Å². The highest BCUT2D eigenvalue weighted by atomic mass is 32.1. The zero-order valence-electron chi connectivity index (χ0n) is 9.38. The van der Waals surface area contributed by atoms with E-state index in [1.54, 1.807) is 29.5 Å². The molecule has 0 saturated carbocycles. The van der Waals surface area contributed by atoms with Crippen LogP contribution in [0.2, 0.25) is 0 Å². The van der Waals surface area contributed by atoms with Crippen LogP contribution in [-0.2, 0) is 0 Å². The number of allylic oxidation sites excluding steroid dienone is 1. The lowest BCUT2D eigenvalue weighted by Gasteiger charge is -1.96. The highest BCUT2D eigenvalue weighted by molar-refractivity contribution is 7.11. The highest BCUT2D eigenvalue weighted by Crippen LogP contribution is 2.18. The van der Waals surface area contributed by atoms with Crippen LogP contribution in [0.15, 0.2) is 41.8 Å². The number of phenolic OH excluding ortho intramolecular Hbond substituents is 1. The van der Waals surface area contributed by atoms with Crippen LogP contribution in [0.4, 0.5) is 0 Å². The van der Waals surface area contributed by atoms with Gasteiger partial charge in [0.25, 0.3) is 0 Å². The number of hydrogen-bond donors (Lipinski definition) is 1. The van der Waals surface area contributed by atoms with Crippen molar-refractivity contribution in [3.63, 3.8) is 0 Å². The first-order valence-corrected chi connectivity index (χ1v) is 6.10. The number of phenols is 1. The maximum Gasteiger partial charge on any atom is 0.185 e. The third-order valence-corrected chi connectivity index (χ3v) is 3.42. The average molecular weight is 244 g/mol. The summed E-state index contributed by atoms with van der Waals surface area (Å²) in [5.41, 5.74) is 1.75. The second-order valence-corrected chi connectivity index (χ2v) is 4.66. The first kappa shape index (κ1) is 11.6. The standard InChI is InChI=1S/C14H12O2S/c1-10-8-9-17-14(10)7-6-13(16)11-2-4-12(15)5-3-11/h2-9,15H,1H3/b7-6+. The summed E-state index contributed by atoms with van der Waals surface area (Å²) >= 11 is 1.61. The Morgan fingerprint density at radius 2 is 1.94 bits per heavy atom. The van der Waals surface area contributed by atoms with E-state index >= 15 is 0 Å². The molecule has 0 radical (unpaired) electrons. The summed E-state index contributed by atoms with van der Waals surface area (Å²) < 4.78 is 0. The van der Waals surface area contributed by atoms with Crippen molar-refractivity contribution in [2.75, 3.05) is 0 Å². The number of hydrogen-bond acceptors (Lipinski definition) is 3. The van der Waals surface area contributed by atoms with Crippen molar-refractivity contribution in [2.24, 2.45) is 0 Å². The van der Waals surface area contributed by atoms with Gasteiger partial charge in [-0.2, -0.15) is 0 Å². The Kier molecular flexibility index (Phi) is 3.40. The number of thiophene rings is 1. The normalized spacial score (nSPS) is 10.9. The van der Waals surface area contributed by atoms with Gasteiger partial charge in [-0.05, 0) is 60.4 Å². The highest BCUT2D eigenvalue weighted by Gasteiger charge is 2.02. The molecule has 17 heavy (non-hydrogen) atoms. The minimum Gasteiger partial charge on any atom is -0.508 e. The predicted octanol–water partition coefficient (Wildman–Crippen LogP) is 3.66. The molecule has 0 aliphatic rings. The van der Waals surface area contributed by atoms with E-state index in [0.717, 1.165) is 4.88 Å². The number of ketones is 1. The molecular formula is C14H12O2S. The lowest BCUT2D eigenvalue weighted by molar-refractivity contribution is 0.104. The number of aryl methyl sites for hydroxylation is 1. The van der Waals surface area contributed by atoms with E-state index in [4.69, 9.17) is 5.11 Å². The van der Waals surface area contributed by atoms with Crippen LogP contribution in [0.25, 0.3) is 6.08 Å². The lowest BCUT2D eigenvalue weighted by Crippen LogP contribution is -1.92. The Labute approximate surface area is 104 Å². The zero-order chi connectivity index (χ0) is 12.3. The van der Waals surface area contributed by atoms with Crippen LogP contribution in [-0.4, -0.2) is 10.9 Å². The third-order valence-electron chi connectivity index (χ3n) is 2.44. The molecule has 1 aromatic carbocycles. The molecule has 2 aromatic rings.